The second-order valence-corrected chi connectivity index (χ2v) is 1.55. The Morgan fingerprint density at radius 1 is 1.75 bits per heavy atom. The molecular weight excluding hydrogens is 102 g/mol. The summed E-state index contributed by atoms with van der Waals surface area (Å²) in [6.07, 6.45) is 1.65. The third-order valence-electron chi connectivity index (χ3n) is 0.894. The highest BCUT2D eigenvalue weighted by molar-refractivity contribution is 4.96. The summed E-state index contributed by atoms with van der Waals surface area (Å²) in [5.41, 5.74) is 0. The fraction of sp³-hybridized carbons (Fsp3) is 0.333. The summed E-state index contributed by atoms with van der Waals surface area (Å²) in [5, 5.41) is 3.88. The summed E-state index contributed by atoms with van der Waals surface area (Å²) in [6.45, 7) is 0.688. The van der Waals surface area contributed by atoms with Crippen molar-refractivity contribution in [3.05, 3.63) is 24.2 Å². The average Bonchev–Trinajstić information content (AvgIpc) is 2.19. The van der Waals surface area contributed by atoms with Crippen LogP contribution in [0.2, 0.25) is 0 Å². The van der Waals surface area contributed by atoms with Crippen molar-refractivity contribution in [3.8, 4) is 0 Å². The normalized spacial score (nSPS) is 9.62. The zero-order chi connectivity index (χ0) is 5.82. The Balaban J connectivity index is 2.50. The van der Waals surface area contributed by atoms with Crippen LogP contribution >= 0.6 is 0 Å². The van der Waals surface area contributed by atoms with E-state index in [4.69, 9.17) is 4.42 Å². The van der Waals surface area contributed by atoms with Crippen molar-refractivity contribution in [3.63, 3.8) is 0 Å². The Bertz CT molecular complexity index is 134. The van der Waals surface area contributed by atoms with Crippen molar-refractivity contribution in [2.24, 2.45) is 0 Å². The Morgan fingerprint density at radius 2 is 2.62 bits per heavy atom. The van der Waals surface area contributed by atoms with Gasteiger partial charge in [-0.3, -0.25) is 0 Å². The zero-order valence-electron chi connectivity index (χ0n) is 4.79. The summed E-state index contributed by atoms with van der Waals surface area (Å²) >= 11 is 0. The van der Waals surface area contributed by atoms with Gasteiger partial charge < -0.3 is 4.42 Å². The molecule has 0 amide bonds. The highest BCUT2D eigenvalue weighted by Crippen LogP contribution is 1.97. The van der Waals surface area contributed by atoms with Crippen LogP contribution in [-0.2, 0) is 6.54 Å². The highest BCUT2D eigenvalue weighted by atomic mass is 16.3. The molecule has 2 heteroatoms. The van der Waals surface area contributed by atoms with Gasteiger partial charge >= 0.3 is 0 Å². The average molecular weight is 110 g/mol. The van der Waals surface area contributed by atoms with Gasteiger partial charge in [0.15, 0.2) is 0 Å². The highest BCUT2D eigenvalue weighted by Gasteiger charge is 1.89. The van der Waals surface area contributed by atoms with Crippen LogP contribution in [0.1, 0.15) is 5.76 Å². The van der Waals surface area contributed by atoms with Gasteiger partial charge in [0, 0.05) is 7.05 Å². The lowest BCUT2D eigenvalue weighted by Crippen LogP contribution is -1.93. The maximum absolute atomic E-state index is 4.98. The molecule has 1 rings (SSSR count). The van der Waals surface area contributed by atoms with E-state index in [0.29, 0.717) is 6.54 Å². The summed E-state index contributed by atoms with van der Waals surface area (Å²) in [7, 11) is 1.77. The number of hydrogen-bond acceptors (Lipinski definition) is 1. The molecule has 1 aromatic heterocycles. The van der Waals surface area contributed by atoms with E-state index in [1.807, 2.05) is 12.1 Å². The van der Waals surface area contributed by atoms with Crippen LogP contribution in [0.3, 0.4) is 0 Å². The first-order chi connectivity index (χ1) is 3.93. The van der Waals surface area contributed by atoms with Gasteiger partial charge in [0.1, 0.15) is 5.76 Å². The fourth-order valence-electron chi connectivity index (χ4n) is 0.558. The quantitative estimate of drug-likeness (QED) is 0.558. The first-order valence-corrected chi connectivity index (χ1v) is 2.51. The maximum atomic E-state index is 4.98. The van der Waals surface area contributed by atoms with E-state index in [-0.39, 0.29) is 0 Å². The molecule has 0 spiro atoms. The Hall–Kier alpha value is -0.760. The molecule has 0 bridgehead atoms. The minimum absolute atomic E-state index is 0.688. The molecule has 0 unspecified atom stereocenters. The van der Waals surface area contributed by atoms with E-state index in [0.717, 1.165) is 5.76 Å². The predicted molar refractivity (Wildman–Crippen MR) is 30.5 cm³/mol. The minimum atomic E-state index is 0.688. The zero-order valence-corrected chi connectivity index (χ0v) is 4.79. The van der Waals surface area contributed by atoms with Crippen LogP contribution in [0.25, 0.3) is 0 Å². The monoisotopic (exact) mass is 110 g/mol. The van der Waals surface area contributed by atoms with Crippen molar-refractivity contribution in [1.82, 2.24) is 5.32 Å². The van der Waals surface area contributed by atoms with Crippen molar-refractivity contribution in [2.45, 2.75) is 6.54 Å². The van der Waals surface area contributed by atoms with Crippen molar-refractivity contribution in [2.75, 3.05) is 7.05 Å². The first kappa shape index (κ1) is 5.38. The van der Waals surface area contributed by atoms with Gasteiger partial charge in [-0.25, -0.2) is 5.32 Å². The number of hydrogen-bond donors (Lipinski definition) is 0. The minimum Gasteiger partial charge on any atom is -0.468 e. The van der Waals surface area contributed by atoms with Crippen LogP contribution in [0, 0.1) is 0 Å². The molecule has 43 valence electrons. The lowest BCUT2D eigenvalue weighted by atomic mass is 10.4. The molecular formula is C6H8NO. The van der Waals surface area contributed by atoms with Crippen LogP contribution in [0.15, 0.2) is 22.8 Å². The van der Waals surface area contributed by atoms with Gasteiger partial charge in [0.25, 0.3) is 0 Å². The molecule has 0 fully saturated rings. The molecule has 0 N–H and O–H groups in total. The Morgan fingerprint density at radius 3 is 3.12 bits per heavy atom. The van der Waals surface area contributed by atoms with E-state index in [1.54, 1.807) is 13.3 Å². The molecule has 8 heavy (non-hydrogen) atoms. The fourth-order valence-corrected chi connectivity index (χ4v) is 0.558. The van der Waals surface area contributed by atoms with E-state index in [1.165, 1.54) is 0 Å². The summed E-state index contributed by atoms with van der Waals surface area (Å²) < 4.78 is 4.98. The summed E-state index contributed by atoms with van der Waals surface area (Å²) in [5.74, 6) is 0.924. The van der Waals surface area contributed by atoms with Crippen molar-refractivity contribution >= 4 is 0 Å². The van der Waals surface area contributed by atoms with Gasteiger partial charge in [-0.05, 0) is 12.1 Å². The molecule has 0 aliphatic carbocycles. The smallest absolute Gasteiger partial charge is 0.119 e. The molecule has 1 heterocycles. The van der Waals surface area contributed by atoms with E-state index in [9.17, 15) is 0 Å². The van der Waals surface area contributed by atoms with Crippen LogP contribution in [0.5, 0.6) is 0 Å². The Kier molecular flexibility index (Phi) is 1.70. The summed E-state index contributed by atoms with van der Waals surface area (Å²) in [6, 6.07) is 3.77. The third-order valence-corrected chi connectivity index (χ3v) is 0.894. The summed E-state index contributed by atoms with van der Waals surface area (Å²) in [4.78, 5) is 0. The molecule has 0 saturated carbocycles. The van der Waals surface area contributed by atoms with E-state index in [2.05, 4.69) is 5.32 Å². The van der Waals surface area contributed by atoms with Crippen LogP contribution < -0.4 is 5.32 Å². The molecule has 0 aliphatic rings. The van der Waals surface area contributed by atoms with Gasteiger partial charge in [-0.2, -0.15) is 0 Å². The lowest BCUT2D eigenvalue weighted by Gasteiger charge is -1.86. The van der Waals surface area contributed by atoms with Crippen molar-refractivity contribution < 1.29 is 4.42 Å². The van der Waals surface area contributed by atoms with Crippen LogP contribution in [-0.4, -0.2) is 7.05 Å². The number of furan rings is 1. The molecule has 0 aromatic carbocycles. The topological polar surface area (TPSA) is 27.2 Å². The van der Waals surface area contributed by atoms with Crippen molar-refractivity contribution in [1.29, 1.82) is 0 Å². The van der Waals surface area contributed by atoms with Gasteiger partial charge in [-0.15, -0.1) is 0 Å². The SMILES string of the molecule is C[N]Cc1ccco1. The number of rotatable bonds is 2. The largest absolute Gasteiger partial charge is 0.468 e. The van der Waals surface area contributed by atoms with Crippen LogP contribution in [0.4, 0.5) is 0 Å². The van der Waals surface area contributed by atoms with E-state index < -0.39 is 0 Å². The molecule has 1 radical (unpaired) electrons. The van der Waals surface area contributed by atoms with Gasteiger partial charge in [0.05, 0.1) is 12.8 Å². The lowest BCUT2D eigenvalue weighted by molar-refractivity contribution is 0.493. The Labute approximate surface area is 48.5 Å². The molecule has 0 atom stereocenters. The van der Waals surface area contributed by atoms with E-state index >= 15 is 0 Å². The van der Waals surface area contributed by atoms with Gasteiger partial charge in [-0.1, -0.05) is 0 Å². The molecule has 1 aromatic rings. The van der Waals surface area contributed by atoms with Gasteiger partial charge in [0.2, 0.25) is 0 Å². The maximum Gasteiger partial charge on any atom is 0.119 e. The molecule has 0 saturated heterocycles. The number of nitrogens with zero attached hydrogens (tertiary/aromatic N) is 1. The standard InChI is InChI=1S/C6H8NO/c1-7-5-6-3-2-4-8-6/h2-4H,5H2,1H3. The second kappa shape index (κ2) is 2.52. The predicted octanol–water partition coefficient (Wildman–Crippen LogP) is 1.01. The first-order valence-electron chi connectivity index (χ1n) is 2.51. The molecule has 0 aliphatic heterocycles. The second-order valence-electron chi connectivity index (χ2n) is 1.55. The third kappa shape index (κ3) is 1.10. The molecule has 2 nitrogen and oxygen atoms in total.